The Kier molecular flexibility index (Phi) is 5.17. The first-order valence-corrected chi connectivity index (χ1v) is 7.65. The maximum Gasteiger partial charge on any atom is 0.508 e. The van der Waals surface area contributed by atoms with Crippen molar-refractivity contribution in [2.24, 2.45) is 0 Å². The molecule has 0 aliphatic rings. The van der Waals surface area contributed by atoms with Crippen molar-refractivity contribution in [3.63, 3.8) is 0 Å². The van der Waals surface area contributed by atoms with Gasteiger partial charge in [0, 0.05) is 26.3 Å². The Balaban J connectivity index is 0.000000230. The Bertz CT molecular complexity index is 1210. The zero-order chi connectivity index (χ0) is 18.3. The minimum Gasteiger partial charge on any atom is -0.486 e. The molecular weight excluding hydrogens is 532 g/mol. The summed E-state index contributed by atoms with van der Waals surface area (Å²) in [5.74, 6) is 0. The molecule has 7 heteroatoms. The van der Waals surface area contributed by atoms with E-state index in [1.54, 1.807) is 0 Å². The second kappa shape index (κ2) is 7.39. The van der Waals surface area contributed by atoms with Crippen LogP contribution in [0.3, 0.4) is 0 Å². The molecule has 2 N–H and O–H groups in total. The molecule has 1 radical (unpaired) electrons. The molecule has 0 saturated carbocycles. The largest absolute Gasteiger partial charge is 0.508 e. The molecule has 0 atom stereocenters. The summed E-state index contributed by atoms with van der Waals surface area (Å²) in [6, 6.07) is 14.0. The van der Waals surface area contributed by atoms with Gasteiger partial charge >= 0.3 is 6.04 Å². The zero-order valence-electron chi connectivity index (χ0n) is 13.5. The van der Waals surface area contributed by atoms with Crippen LogP contribution in [0.4, 0.5) is 8.78 Å². The average Bonchev–Trinajstić information content (AvgIpc) is 3.00. The summed E-state index contributed by atoms with van der Waals surface area (Å²) >= 11 is 0. The van der Waals surface area contributed by atoms with Crippen molar-refractivity contribution >= 4 is 49.7 Å². The van der Waals surface area contributed by atoms with Gasteiger partial charge in [-0.05, 0) is 33.8 Å². The molecule has 0 fully saturated rings. The molecule has 0 spiro atoms. The number of halogens is 2. The number of hydrogen-bond acceptors (Lipinski definition) is 3. The minimum atomic E-state index is -1.75. The van der Waals surface area contributed by atoms with E-state index in [-0.39, 0.29) is 26.2 Å². The number of furan rings is 1. The SMILES string of the molecule is O/C(F)=C\C(=[OH+])F.[Ir].[c-]1ccc2oc3cccc4c5cccnc5c1c2c34. The fraction of sp³-hybridized carbons (Fsp3) is 0. The molecule has 0 aliphatic heterocycles. The summed E-state index contributed by atoms with van der Waals surface area (Å²) < 4.78 is 27.8. The average molecular weight is 544 g/mol. The Morgan fingerprint density at radius 2 is 1.81 bits per heavy atom. The summed E-state index contributed by atoms with van der Waals surface area (Å²) in [6.45, 7) is 0. The van der Waals surface area contributed by atoms with Gasteiger partial charge in [-0.2, -0.15) is 4.39 Å². The van der Waals surface area contributed by atoms with Crippen molar-refractivity contribution in [3.8, 4) is 0 Å². The Labute approximate surface area is 164 Å². The minimum absolute atomic E-state index is 0. The van der Waals surface area contributed by atoms with Crippen molar-refractivity contribution in [3.05, 3.63) is 66.8 Å². The van der Waals surface area contributed by atoms with Gasteiger partial charge in [-0.25, -0.2) is 4.79 Å². The summed E-state index contributed by atoms with van der Waals surface area (Å²) in [4.78, 5) is 12.0. The van der Waals surface area contributed by atoms with Gasteiger partial charge in [-0.1, -0.05) is 29.7 Å². The number of aliphatic hydroxyl groups is 1. The number of rotatable bonds is 1. The molecular formula is C20H11F2IrNO3. The summed E-state index contributed by atoms with van der Waals surface area (Å²) in [7, 11) is 0. The molecule has 0 bridgehead atoms. The van der Waals surface area contributed by atoms with Crippen LogP contribution >= 0.6 is 0 Å². The van der Waals surface area contributed by atoms with E-state index < -0.39 is 12.0 Å². The van der Waals surface area contributed by atoms with E-state index in [1.165, 1.54) is 10.8 Å². The second-order valence-electron chi connectivity index (χ2n) is 5.56. The molecule has 3 aromatic carbocycles. The van der Waals surface area contributed by atoms with E-state index in [9.17, 15) is 8.78 Å². The van der Waals surface area contributed by atoms with Crippen molar-refractivity contribution < 1.29 is 43.2 Å². The van der Waals surface area contributed by atoms with Gasteiger partial charge in [0.05, 0.1) is 5.58 Å². The van der Waals surface area contributed by atoms with E-state index in [1.807, 2.05) is 36.5 Å². The molecule has 0 aliphatic carbocycles. The van der Waals surface area contributed by atoms with Gasteiger partial charge in [0.2, 0.25) is 0 Å². The molecule has 2 aromatic heterocycles. The zero-order valence-corrected chi connectivity index (χ0v) is 15.9. The van der Waals surface area contributed by atoms with Crippen LogP contribution in [0.15, 0.2) is 65.2 Å². The standard InChI is InChI=1S/C17H8NO.C3H2F2O2.Ir/c1-4-10-11-6-3-9-18-17(11)12-5-2-8-14-16(12)15(10)13(7-1)19-14;4-2(6)1-3(5)7;/h1-4,6-9H;1,6H;/q-1;;/p+1/b;2-1-;. The monoisotopic (exact) mass is 544 g/mol. The second-order valence-corrected chi connectivity index (χ2v) is 5.56. The molecule has 5 aromatic rings. The number of benzene rings is 3. The van der Waals surface area contributed by atoms with Gasteiger partial charge in [-0.3, -0.25) is 0 Å². The van der Waals surface area contributed by atoms with E-state index >= 15 is 0 Å². The first-order chi connectivity index (χ1) is 12.6. The molecule has 2 heterocycles. The number of fused-ring (bicyclic) bond motifs is 3. The van der Waals surface area contributed by atoms with Crippen LogP contribution in [0.5, 0.6) is 0 Å². The van der Waals surface area contributed by atoms with E-state index in [0.29, 0.717) is 0 Å². The normalized spacial score (nSPS) is 11.6. The van der Waals surface area contributed by atoms with Crippen LogP contribution in [0.1, 0.15) is 0 Å². The molecule has 0 saturated heterocycles. The number of nitrogens with zero attached hydrogens (tertiary/aromatic N) is 1. The fourth-order valence-electron chi connectivity index (χ4n) is 3.14. The van der Waals surface area contributed by atoms with Crippen LogP contribution in [-0.2, 0) is 20.1 Å². The van der Waals surface area contributed by atoms with Crippen LogP contribution in [0.25, 0.3) is 43.6 Å². The van der Waals surface area contributed by atoms with Crippen LogP contribution in [0, 0.1) is 6.07 Å². The Hall–Kier alpha value is -2.89. The van der Waals surface area contributed by atoms with E-state index in [4.69, 9.17) is 14.3 Å². The van der Waals surface area contributed by atoms with Crippen molar-refractivity contribution in [2.75, 3.05) is 0 Å². The number of aromatic nitrogens is 1. The maximum absolute atomic E-state index is 10.9. The van der Waals surface area contributed by atoms with E-state index in [0.717, 1.165) is 32.8 Å². The predicted molar refractivity (Wildman–Crippen MR) is 96.4 cm³/mol. The number of carbonyl (C=O) groups excluding carboxylic acids is 1. The molecule has 0 amide bonds. The topological polar surface area (TPSA) is 67.7 Å². The predicted octanol–water partition coefficient (Wildman–Crippen LogP) is 5.35. The molecule has 0 unspecified atom stereocenters. The molecule has 137 valence electrons. The molecule has 27 heavy (non-hydrogen) atoms. The van der Waals surface area contributed by atoms with E-state index in [2.05, 4.69) is 23.2 Å². The van der Waals surface area contributed by atoms with Crippen LogP contribution in [-0.4, -0.2) is 20.9 Å². The van der Waals surface area contributed by atoms with Gasteiger partial charge < -0.3 is 14.5 Å². The molecule has 4 nitrogen and oxygen atoms in total. The van der Waals surface area contributed by atoms with Crippen molar-refractivity contribution in [2.45, 2.75) is 0 Å². The smallest absolute Gasteiger partial charge is 0.486 e. The number of pyridine rings is 1. The van der Waals surface area contributed by atoms with Gasteiger partial charge in [0.1, 0.15) is 11.7 Å². The third kappa shape index (κ3) is 3.27. The first kappa shape index (κ1) is 18.9. The molecule has 5 rings (SSSR count). The van der Waals surface area contributed by atoms with Gasteiger partial charge in [0.15, 0.2) is 0 Å². The van der Waals surface area contributed by atoms with Crippen molar-refractivity contribution in [1.82, 2.24) is 4.98 Å². The number of allylic oxidation sites excluding steroid dienone is 1. The summed E-state index contributed by atoms with van der Waals surface area (Å²) in [5, 5.41) is 13.2. The number of hydrogen-bond donors (Lipinski definition) is 1. The van der Waals surface area contributed by atoms with Crippen LogP contribution in [0.2, 0.25) is 0 Å². The number of aliphatic hydroxyl groups excluding tert-OH is 1. The summed E-state index contributed by atoms with van der Waals surface area (Å²) in [5.41, 5.74) is 2.84. The first-order valence-electron chi connectivity index (χ1n) is 7.65. The third-order valence-corrected chi connectivity index (χ3v) is 4.03. The van der Waals surface area contributed by atoms with Gasteiger partial charge in [0.25, 0.3) is 6.01 Å². The third-order valence-electron chi connectivity index (χ3n) is 4.03. The summed E-state index contributed by atoms with van der Waals surface area (Å²) in [6.07, 6.45) is 1.77. The quantitative estimate of drug-likeness (QED) is 0.0774. The van der Waals surface area contributed by atoms with Gasteiger partial charge in [-0.15, -0.1) is 21.9 Å². The Morgan fingerprint density at radius 3 is 2.52 bits per heavy atom. The Morgan fingerprint density at radius 1 is 1.07 bits per heavy atom. The maximum atomic E-state index is 10.9. The van der Waals surface area contributed by atoms with Crippen LogP contribution < -0.4 is 0 Å². The fourth-order valence-corrected chi connectivity index (χ4v) is 3.14. The van der Waals surface area contributed by atoms with Crippen molar-refractivity contribution in [1.29, 1.82) is 0 Å².